The number of likely N-dealkylation sites (tertiary alicyclic amines) is 1. The van der Waals surface area contributed by atoms with E-state index >= 15 is 0 Å². The molecule has 1 N–H and O–H groups in total. The number of nitrogens with one attached hydrogen (secondary N) is 1. The first-order valence-corrected chi connectivity index (χ1v) is 11.0. The molecule has 1 aromatic rings. The van der Waals surface area contributed by atoms with Crippen LogP contribution in [0.5, 0.6) is 0 Å². The molecule has 1 unspecified atom stereocenters. The van der Waals surface area contributed by atoms with Gasteiger partial charge in [0.05, 0.1) is 11.5 Å². The predicted octanol–water partition coefficient (Wildman–Crippen LogP) is 1.16. The number of sulfone groups is 1. The van der Waals surface area contributed by atoms with Gasteiger partial charge in [-0.15, -0.1) is 0 Å². The van der Waals surface area contributed by atoms with Crippen molar-refractivity contribution in [3.8, 4) is 0 Å². The van der Waals surface area contributed by atoms with Crippen LogP contribution in [0.1, 0.15) is 31.2 Å². The van der Waals surface area contributed by atoms with E-state index in [1.165, 1.54) is 5.56 Å². The quantitative estimate of drug-likeness (QED) is 0.780. The molecule has 6 nitrogen and oxygen atoms in total. The summed E-state index contributed by atoms with van der Waals surface area (Å²) in [5, 5.41) is 2.68. The highest BCUT2D eigenvalue weighted by Gasteiger charge is 2.30. The number of nitrogens with zero attached hydrogens (tertiary/aromatic N) is 1. The predicted molar refractivity (Wildman–Crippen MR) is 99.3 cm³/mol. The molecule has 0 aliphatic carbocycles. The van der Waals surface area contributed by atoms with E-state index in [9.17, 15) is 18.0 Å². The molecule has 2 amide bonds. The van der Waals surface area contributed by atoms with E-state index in [2.05, 4.69) is 17.4 Å². The molecule has 142 valence electrons. The Balaban J connectivity index is 1.40. The van der Waals surface area contributed by atoms with E-state index in [0.29, 0.717) is 25.4 Å². The highest BCUT2D eigenvalue weighted by molar-refractivity contribution is 7.91. The minimum atomic E-state index is -3.03. The van der Waals surface area contributed by atoms with Crippen LogP contribution in [0.4, 0.5) is 0 Å². The summed E-state index contributed by atoms with van der Waals surface area (Å²) in [4.78, 5) is 26.1. The zero-order valence-electron chi connectivity index (χ0n) is 14.9. The van der Waals surface area contributed by atoms with Crippen molar-refractivity contribution in [1.29, 1.82) is 0 Å². The number of carbonyl (C=O) groups is 2. The van der Waals surface area contributed by atoms with Crippen molar-refractivity contribution in [3.05, 3.63) is 35.9 Å². The van der Waals surface area contributed by atoms with Gasteiger partial charge in [0.15, 0.2) is 9.84 Å². The lowest BCUT2D eigenvalue weighted by Gasteiger charge is -2.32. The highest BCUT2D eigenvalue weighted by Crippen LogP contribution is 2.22. The number of carbonyl (C=O) groups excluding carboxylic acids is 2. The molecule has 2 fully saturated rings. The van der Waals surface area contributed by atoms with E-state index in [1.54, 1.807) is 4.90 Å². The number of rotatable bonds is 5. The first kappa shape index (κ1) is 18.9. The Morgan fingerprint density at radius 3 is 2.38 bits per heavy atom. The van der Waals surface area contributed by atoms with Gasteiger partial charge in [-0.05, 0) is 37.2 Å². The minimum Gasteiger partial charge on any atom is -0.352 e. The fraction of sp³-hybridized carbons (Fsp3) is 0.579. The second-order valence-corrected chi connectivity index (χ2v) is 9.59. The fourth-order valence-electron chi connectivity index (χ4n) is 3.77. The molecule has 2 saturated heterocycles. The van der Waals surface area contributed by atoms with Gasteiger partial charge in [-0.2, -0.15) is 0 Å². The van der Waals surface area contributed by atoms with Gasteiger partial charge in [-0.1, -0.05) is 30.3 Å². The first-order valence-electron chi connectivity index (χ1n) is 9.23. The molecule has 0 bridgehead atoms. The largest absolute Gasteiger partial charge is 0.352 e. The topological polar surface area (TPSA) is 83.6 Å². The van der Waals surface area contributed by atoms with Gasteiger partial charge in [-0.3, -0.25) is 9.59 Å². The maximum atomic E-state index is 12.3. The summed E-state index contributed by atoms with van der Waals surface area (Å²) in [6.07, 6.45) is 3.17. The van der Waals surface area contributed by atoms with Gasteiger partial charge in [0, 0.05) is 19.1 Å². The second kappa shape index (κ2) is 8.20. The number of hydrogen-bond acceptors (Lipinski definition) is 4. The van der Waals surface area contributed by atoms with Gasteiger partial charge in [0.25, 0.3) is 0 Å². The lowest BCUT2D eigenvalue weighted by atomic mass is 9.90. The van der Waals surface area contributed by atoms with Crippen LogP contribution in [-0.4, -0.2) is 55.8 Å². The van der Waals surface area contributed by atoms with E-state index in [4.69, 9.17) is 0 Å². The van der Waals surface area contributed by atoms with Gasteiger partial charge >= 0.3 is 0 Å². The summed E-state index contributed by atoms with van der Waals surface area (Å²) in [7, 11) is -3.03. The molecule has 1 aromatic carbocycles. The van der Waals surface area contributed by atoms with Gasteiger partial charge in [-0.25, -0.2) is 8.42 Å². The monoisotopic (exact) mass is 378 g/mol. The van der Waals surface area contributed by atoms with E-state index in [1.807, 2.05) is 18.2 Å². The summed E-state index contributed by atoms with van der Waals surface area (Å²) in [6.45, 7) is 1.36. The number of amides is 2. The van der Waals surface area contributed by atoms with Crippen molar-refractivity contribution < 1.29 is 18.0 Å². The van der Waals surface area contributed by atoms with Crippen molar-refractivity contribution >= 4 is 21.7 Å². The smallest absolute Gasteiger partial charge is 0.232 e. The van der Waals surface area contributed by atoms with Crippen LogP contribution in [0, 0.1) is 5.92 Å². The third-order valence-electron chi connectivity index (χ3n) is 5.24. The molecular formula is C19H26N2O4S. The maximum absolute atomic E-state index is 12.3. The van der Waals surface area contributed by atoms with Crippen molar-refractivity contribution in [3.63, 3.8) is 0 Å². The van der Waals surface area contributed by atoms with Crippen LogP contribution >= 0.6 is 0 Å². The van der Waals surface area contributed by atoms with E-state index in [-0.39, 0.29) is 35.8 Å². The zero-order valence-corrected chi connectivity index (χ0v) is 15.7. The average Bonchev–Trinajstić information content (AvgIpc) is 2.94. The van der Waals surface area contributed by atoms with Crippen LogP contribution in [-0.2, 0) is 25.8 Å². The lowest BCUT2D eigenvalue weighted by Crippen LogP contribution is -2.43. The van der Waals surface area contributed by atoms with Crippen LogP contribution in [0.15, 0.2) is 30.3 Å². The molecule has 2 aliphatic rings. The van der Waals surface area contributed by atoms with E-state index < -0.39 is 9.84 Å². The normalized spacial score (nSPS) is 22.9. The molecule has 2 heterocycles. The Morgan fingerprint density at radius 1 is 1.08 bits per heavy atom. The molecule has 0 spiro atoms. The molecular weight excluding hydrogens is 352 g/mol. The Labute approximate surface area is 154 Å². The molecule has 3 rings (SSSR count). The Bertz CT molecular complexity index is 740. The van der Waals surface area contributed by atoms with E-state index in [0.717, 1.165) is 19.3 Å². The van der Waals surface area contributed by atoms with Crippen molar-refractivity contribution in [2.45, 2.75) is 38.1 Å². The standard InChI is InChI=1S/C19H26N2O4S/c22-18(20-17-8-11-26(24,25)14-17)13-19(23)21-9-6-16(7-10-21)12-15-4-2-1-3-5-15/h1-5,16-17H,6-14H2,(H,20,22). The maximum Gasteiger partial charge on any atom is 0.232 e. The van der Waals surface area contributed by atoms with Crippen molar-refractivity contribution in [2.24, 2.45) is 5.92 Å². The highest BCUT2D eigenvalue weighted by atomic mass is 32.2. The molecule has 0 aromatic heterocycles. The molecule has 1 atom stereocenters. The Kier molecular flexibility index (Phi) is 5.96. The summed E-state index contributed by atoms with van der Waals surface area (Å²) >= 11 is 0. The summed E-state index contributed by atoms with van der Waals surface area (Å²) in [5.74, 6) is 0.127. The van der Waals surface area contributed by atoms with Gasteiger partial charge in [0.2, 0.25) is 11.8 Å². The molecule has 26 heavy (non-hydrogen) atoms. The average molecular weight is 378 g/mol. The van der Waals surface area contributed by atoms with Crippen molar-refractivity contribution in [1.82, 2.24) is 10.2 Å². The number of hydrogen-bond donors (Lipinski definition) is 1. The SMILES string of the molecule is O=C(CC(=O)N1CCC(Cc2ccccc2)CC1)NC1CCS(=O)(=O)C1. The molecule has 0 saturated carbocycles. The van der Waals surface area contributed by atoms with Gasteiger partial charge in [0.1, 0.15) is 6.42 Å². The first-order chi connectivity index (χ1) is 12.4. The van der Waals surface area contributed by atoms with Gasteiger partial charge < -0.3 is 10.2 Å². The van der Waals surface area contributed by atoms with Crippen LogP contribution < -0.4 is 5.32 Å². The molecule has 7 heteroatoms. The summed E-state index contributed by atoms with van der Waals surface area (Å²) in [5.41, 5.74) is 1.32. The number of piperidine rings is 1. The third-order valence-corrected chi connectivity index (χ3v) is 7.01. The molecule has 0 radical (unpaired) electrons. The Hall–Kier alpha value is -1.89. The lowest BCUT2D eigenvalue weighted by molar-refractivity contribution is -0.137. The molecule has 2 aliphatic heterocycles. The zero-order chi connectivity index (χ0) is 18.6. The third kappa shape index (κ3) is 5.30. The van der Waals surface area contributed by atoms with Crippen LogP contribution in [0.25, 0.3) is 0 Å². The Morgan fingerprint density at radius 2 is 1.77 bits per heavy atom. The second-order valence-electron chi connectivity index (χ2n) is 7.36. The summed E-state index contributed by atoms with van der Waals surface area (Å²) in [6, 6.07) is 10.0. The summed E-state index contributed by atoms with van der Waals surface area (Å²) < 4.78 is 22.9. The minimum absolute atomic E-state index is 0.0161. The fourth-order valence-corrected chi connectivity index (χ4v) is 5.44. The van der Waals surface area contributed by atoms with Crippen molar-refractivity contribution in [2.75, 3.05) is 24.6 Å². The number of benzene rings is 1. The van der Waals surface area contributed by atoms with Crippen LogP contribution in [0.2, 0.25) is 0 Å². The van der Waals surface area contributed by atoms with Crippen LogP contribution in [0.3, 0.4) is 0 Å².